The van der Waals surface area contributed by atoms with Gasteiger partial charge >= 0.3 is 0 Å². The summed E-state index contributed by atoms with van der Waals surface area (Å²) in [6.07, 6.45) is 8.30. The third-order valence-corrected chi connectivity index (χ3v) is 4.65. The van der Waals surface area contributed by atoms with E-state index in [9.17, 15) is 4.79 Å². The molecule has 0 bridgehead atoms. The Bertz CT molecular complexity index is 701. The maximum Gasteiger partial charge on any atom is 0.274 e. The first-order chi connectivity index (χ1) is 11.2. The third-order valence-electron chi connectivity index (χ3n) is 4.65. The lowest BCUT2D eigenvalue weighted by Crippen LogP contribution is -2.36. The zero-order valence-corrected chi connectivity index (χ0v) is 12.9. The van der Waals surface area contributed by atoms with Gasteiger partial charge in [0.1, 0.15) is 18.3 Å². The molecule has 8 heteroatoms. The molecule has 0 unspecified atom stereocenters. The van der Waals surface area contributed by atoms with Crippen molar-refractivity contribution < 1.29 is 9.53 Å². The summed E-state index contributed by atoms with van der Waals surface area (Å²) in [5, 5.41) is 7.70. The number of aryl methyl sites for hydroxylation is 1. The number of hydrogen-bond donors (Lipinski definition) is 0. The molecule has 0 saturated carbocycles. The molecule has 4 rings (SSSR count). The first-order valence-electron chi connectivity index (χ1n) is 7.71. The van der Waals surface area contributed by atoms with Crippen LogP contribution in [0.25, 0.3) is 0 Å². The summed E-state index contributed by atoms with van der Waals surface area (Å²) in [6.45, 7) is 3.76. The predicted octanol–water partition coefficient (Wildman–Crippen LogP) is 0.623. The van der Waals surface area contributed by atoms with Crippen LogP contribution in [0.2, 0.25) is 0 Å². The summed E-state index contributed by atoms with van der Waals surface area (Å²) in [5.41, 5.74) is 0.930. The highest BCUT2D eigenvalue weighted by atomic mass is 16.5. The standard InChI is InChI=1S/C15H18N6O2/c1-11-5-17-13(6-16-11)14(22)20-3-2-15(8-20)4-12(7-23-15)21-9-18-19-10-21/h5-6,9-10,12H,2-4,7-8H2,1H3/t12-,15+/m0/s1. The van der Waals surface area contributed by atoms with Gasteiger partial charge < -0.3 is 14.2 Å². The van der Waals surface area contributed by atoms with Crippen LogP contribution in [0.5, 0.6) is 0 Å². The van der Waals surface area contributed by atoms with Gasteiger partial charge in [-0.1, -0.05) is 0 Å². The number of carbonyl (C=O) groups is 1. The van der Waals surface area contributed by atoms with E-state index in [-0.39, 0.29) is 17.6 Å². The Kier molecular flexibility index (Phi) is 3.33. The van der Waals surface area contributed by atoms with Crippen LogP contribution in [0.3, 0.4) is 0 Å². The van der Waals surface area contributed by atoms with Crippen LogP contribution < -0.4 is 0 Å². The Balaban J connectivity index is 1.45. The normalized spacial score (nSPS) is 27.0. The molecule has 2 atom stereocenters. The average Bonchev–Trinajstić information content (AvgIpc) is 3.29. The molecule has 0 radical (unpaired) electrons. The highest BCUT2D eigenvalue weighted by Gasteiger charge is 2.47. The minimum Gasteiger partial charge on any atom is -0.371 e. The van der Waals surface area contributed by atoms with Gasteiger partial charge in [0.25, 0.3) is 5.91 Å². The van der Waals surface area contributed by atoms with Gasteiger partial charge in [-0.25, -0.2) is 4.98 Å². The van der Waals surface area contributed by atoms with E-state index >= 15 is 0 Å². The molecule has 0 N–H and O–H groups in total. The molecule has 2 saturated heterocycles. The Morgan fingerprint density at radius 2 is 2.13 bits per heavy atom. The number of rotatable bonds is 2. The van der Waals surface area contributed by atoms with E-state index in [4.69, 9.17) is 4.74 Å². The van der Waals surface area contributed by atoms with Crippen molar-refractivity contribution in [3.63, 3.8) is 0 Å². The number of aromatic nitrogens is 5. The lowest BCUT2D eigenvalue weighted by Gasteiger charge is -2.23. The fourth-order valence-electron chi connectivity index (χ4n) is 3.38. The smallest absolute Gasteiger partial charge is 0.274 e. The van der Waals surface area contributed by atoms with Crippen molar-refractivity contribution in [1.29, 1.82) is 0 Å². The van der Waals surface area contributed by atoms with E-state index in [1.165, 1.54) is 6.20 Å². The van der Waals surface area contributed by atoms with Gasteiger partial charge in [-0.15, -0.1) is 10.2 Å². The van der Waals surface area contributed by atoms with Crippen molar-refractivity contribution in [1.82, 2.24) is 29.6 Å². The number of ether oxygens (including phenoxy) is 1. The molecule has 2 aliphatic rings. The van der Waals surface area contributed by atoms with Crippen molar-refractivity contribution in [3.8, 4) is 0 Å². The molecule has 2 aliphatic heterocycles. The molecule has 1 amide bonds. The number of likely N-dealkylation sites (tertiary alicyclic amines) is 1. The highest BCUT2D eigenvalue weighted by molar-refractivity contribution is 5.92. The molecule has 1 spiro atoms. The Labute approximate surface area is 133 Å². The second-order valence-electron chi connectivity index (χ2n) is 6.28. The number of carbonyl (C=O) groups excluding carboxylic acids is 1. The van der Waals surface area contributed by atoms with Crippen LogP contribution in [-0.4, -0.2) is 60.8 Å². The van der Waals surface area contributed by atoms with Gasteiger partial charge in [-0.2, -0.15) is 0 Å². The second kappa shape index (κ2) is 5.38. The topological polar surface area (TPSA) is 86.0 Å². The second-order valence-corrected chi connectivity index (χ2v) is 6.28. The largest absolute Gasteiger partial charge is 0.371 e. The monoisotopic (exact) mass is 314 g/mol. The summed E-state index contributed by atoms with van der Waals surface area (Å²) in [4.78, 5) is 22.7. The van der Waals surface area contributed by atoms with Crippen LogP contribution in [0.15, 0.2) is 25.0 Å². The maximum absolute atomic E-state index is 12.6. The summed E-state index contributed by atoms with van der Waals surface area (Å²) in [7, 11) is 0. The first-order valence-corrected chi connectivity index (χ1v) is 7.71. The van der Waals surface area contributed by atoms with Crippen molar-refractivity contribution in [2.24, 2.45) is 0 Å². The van der Waals surface area contributed by atoms with Gasteiger partial charge in [-0.05, 0) is 13.3 Å². The minimum atomic E-state index is -0.261. The fraction of sp³-hybridized carbons (Fsp3) is 0.533. The van der Waals surface area contributed by atoms with E-state index in [1.54, 1.807) is 18.9 Å². The third kappa shape index (κ3) is 2.59. The van der Waals surface area contributed by atoms with E-state index < -0.39 is 0 Å². The highest BCUT2D eigenvalue weighted by Crippen LogP contribution is 2.40. The molecular formula is C15H18N6O2. The zero-order valence-electron chi connectivity index (χ0n) is 12.9. The van der Waals surface area contributed by atoms with E-state index in [0.29, 0.717) is 25.4 Å². The summed E-state index contributed by atoms with van der Waals surface area (Å²) in [5.74, 6) is -0.0780. The SMILES string of the molecule is Cc1cnc(C(=O)N2CC[C@@]3(C[C@H](n4cnnc4)CO3)C2)cn1. The van der Waals surface area contributed by atoms with Crippen molar-refractivity contribution in [2.45, 2.75) is 31.4 Å². The first kappa shape index (κ1) is 14.3. The van der Waals surface area contributed by atoms with Crippen LogP contribution in [0, 0.1) is 6.92 Å². The Morgan fingerprint density at radius 3 is 2.87 bits per heavy atom. The van der Waals surface area contributed by atoms with Gasteiger partial charge in [0.15, 0.2) is 0 Å². The van der Waals surface area contributed by atoms with Crippen molar-refractivity contribution in [3.05, 3.63) is 36.4 Å². The van der Waals surface area contributed by atoms with E-state index in [2.05, 4.69) is 20.2 Å². The molecule has 120 valence electrons. The zero-order chi connectivity index (χ0) is 15.9. The molecule has 4 heterocycles. The Hall–Kier alpha value is -2.35. The van der Waals surface area contributed by atoms with Crippen LogP contribution in [-0.2, 0) is 4.74 Å². The molecule has 2 aromatic heterocycles. The lowest BCUT2D eigenvalue weighted by atomic mass is 9.97. The minimum absolute atomic E-state index is 0.0780. The van der Waals surface area contributed by atoms with Crippen LogP contribution >= 0.6 is 0 Å². The molecular weight excluding hydrogens is 296 g/mol. The van der Waals surface area contributed by atoms with Gasteiger partial charge in [0, 0.05) is 19.2 Å². The molecule has 0 aliphatic carbocycles. The van der Waals surface area contributed by atoms with E-state index in [0.717, 1.165) is 18.5 Å². The van der Waals surface area contributed by atoms with E-state index in [1.807, 2.05) is 16.4 Å². The molecule has 2 aromatic rings. The predicted molar refractivity (Wildman–Crippen MR) is 79.6 cm³/mol. The molecule has 2 fully saturated rings. The lowest BCUT2D eigenvalue weighted by molar-refractivity contribution is 0.0117. The molecule has 8 nitrogen and oxygen atoms in total. The average molecular weight is 314 g/mol. The van der Waals surface area contributed by atoms with Gasteiger partial charge in [0.05, 0.1) is 36.7 Å². The Morgan fingerprint density at radius 1 is 1.30 bits per heavy atom. The molecule has 23 heavy (non-hydrogen) atoms. The van der Waals surface area contributed by atoms with Crippen molar-refractivity contribution >= 4 is 5.91 Å². The number of amides is 1. The van der Waals surface area contributed by atoms with Gasteiger partial charge in [-0.3, -0.25) is 9.78 Å². The quantitative estimate of drug-likeness (QED) is 0.808. The maximum atomic E-state index is 12.6. The molecule has 0 aromatic carbocycles. The number of hydrogen-bond acceptors (Lipinski definition) is 6. The van der Waals surface area contributed by atoms with Crippen molar-refractivity contribution in [2.75, 3.05) is 19.7 Å². The summed E-state index contributed by atoms with van der Waals surface area (Å²) in [6, 6.07) is 0.235. The number of nitrogens with zero attached hydrogens (tertiary/aromatic N) is 6. The van der Waals surface area contributed by atoms with Gasteiger partial charge in [0.2, 0.25) is 0 Å². The van der Waals surface area contributed by atoms with Crippen LogP contribution in [0.1, 0.15) is 35.1 Å². The fourth-order valence-corrected chi connectivity index (χ4v) is 3.38. The summed E-state index contributed by atoms with van der Waals surface area (Å²) >= 11 is 0. The summed E-state index contributed by atoms with van der Waals surface area (Å²) < 4.78 is 8.04. The van der Waals surface area contributed by atoms with Crippen LogP contribution in [0.4, 0.5) is 0 Å².